The van der Waals surface area contributed by atoms with Gasteiger partial charge in [0.05, 0.1) is 5.56 Å². The first-order valence-electron chi connectivity index (χ1n) is 7.45. The van der Waals surface area contributed by atoms with Crippen molar-refractivity contribution in [2.45, 2.75) is 26.3 Å². The molecule has 0 aliphatic heterocycles. The van der Waals surface area contributed by atoms with Crippen LogP contribution in [0.25, 0.3) is 0 Å². The van der Waals surface area contributed by atoms with Crippen LogP contribution in [0.5, 0.6) is 0 Å². The maximum absolute atomic E-state index is 13.6. The molecule has 0 bridgehead atoms. The average Bonchev–Trinajstić information content (AvgIpc) is 2.49. The van der Waals surface area contributed by atoms with Crippen molar-refractivity contribution in [3.05, 3.63) is 35.6 Å². The Labute approximate surface area is 130 Å². The van der Waals surface area contributed by atoms with E-state index in [0.29, 0.717) is 6.54 Å². The fourth-order valence-electron chi connectivity index (χ4n) is 1.99. The molecule has 0 saturated carbocycles. The normalized spacial score (nSPS) is 12.0. The van der Waals surface area contributed by atoms with Gasteiger partial charge in [-0.3, -0.25) is 9.59 Å². The van der Waals surface area contributed by atoms with Gasteiger partial charge in [-0.2, -0.15) is 0 Å². The fraction of sp³-hybridized carbons (Fsp3) is 0.500. The van der Waals surface area contributed by atoms with E-state index in [1.165, 1.54) is 18.2 Å². The molecule has 6 heteroatoms. The molecule has 0 spiro atoms. The molecule has 5 nitrogen and oxygen atoms in total. The lowest BCUT2D eigenvalue weighted by molar-refractivity contribution is -0.123. The smallest absolute Gasteiger partial charge is 0.254 e. The summed E-state index contributed by atoms with van der Waals surface area (Å²) in [5.41, 5.74) is -0.0591. The van der Waals surface area contributed by atoms with Crippen molar-refractivity contribution in [2.24, 2.45) is 5.92 Å². The van der Waals surface area contributed by atoms with Crippen LogP contribution in [0.2, 0.25) is 0 Å². The van der Waals surface area contributed by atoms with Gasteiger partial charge < -0.3 is 16.0 Å². The second-order valence-corrected chi connectivity index (χ2v) is 5.42. The summed E-state index contributed by atoms with van der Waals surface area (Å²) in [5.74, 6) is -1.53. The molecule has 3 N–H and O–H groups in total. The molecular formula is C16H24FN3O2. The van der Waals surface area contributed by atoms with Crippen LogP contribution >= 0.6 is 0 Å². The predicted molar refractivity (Wildman–Crippen MR) is 84.0 cm³/mol. The van der Waals surface area contributed by atoms with Gasteiger partial charge in [0.15, 0.2) is 0 Å². The van der Waals surface area contributed by atoms with E-state index in [4.69, 9.17) is 0 Å². The number of rotatable bonds is 8. The highest BCUT2D eigenvalue weighted by molar-refractivity contribution is 5.97. The monoisotopic (exact) mass is 309 g/mol. The summed E-state index contributed by atoms with van der Waals surface area (Å²) in [6, 6.07) is 5.02. The van der Waals surface area contributed by atoms with Crippen LogP contribution in [-0.2, 0) is 4.79 Å². The molecule has 1 rings (SSSR count). The van der Waals surface area contributed by atoms with Gasteiger partial charge in [-0.1, -0.05) is 26.0 Å². The standard InChI is InChI=1S/C16H24FN3O2/c1-11(2)14(16(22)19-10-6-9-18-3)20-15(21)12-7-4-5-8-13(12)17/h4-5,7-8,11,14,18H,6,9-10H2,1-3H3,(H,19,22)(H,20,21). The van der Waals surface area contributed by atoms with Crippen molar-refractivity contribution in [1.82, 2.24) is 16.0 Å². The quantitative estimate of drug-likeness (QED) is 0.634. The van der Waals surface area contributed by atoms with Crippen molar-refractivity contribution in [3.8, 4) is 0 Å². The van der Waals surface area contributed by atoms with Crippen LogP contribution in [0.4, 0.5) is 4.39 Å². The Hall–Kier alpha value is -1.95. The third-order valence-corrected chi connectivity index (χ3v) is 3.26. The van der Waals surface area contributed by atoms with Crippen LogP contribution in [0, 0.1) is 11.7 Å². The predicted octanol–water partition coefficient (Wildman–Crippen LogP) is 1.31. The van der Waals surface area contributed by atoms with E-state index >= 15 is 0 Å². The maximum atomic E-state index is 13.6. The summed E-state index contributed by atoms with van der Waals surface area (Å²) in [4.78, 5) is 24.3. The number of benzene rings is 1. The van der Waals surface area contributed by atoms with Gasteiger partial charge in [0.1, 0.15) is 11.9 Å². The Kier molecular flexibility index (Phi) is 7.52. The molecule has 0 radical (unpaired) electrons. The lowest BCUT2D eigenvalue weighted by Crippen LogP contribution is -2.50. The molecule has 0 saturated heterocycles. The van der Waals surface area contributed by atoms with E-state index in [-0.39, 0.29) is 17.4 Å². The Morgan fingerprint density at radius 2 is 1.86 bits per heavy atom. The van der Waals surface area contributed by atoms with E-state index in [1.807, 2.05) is 20.9 Å². The molecule has 1 atom stereocenters. The number of carbonyl (C=O) groups is 2. The van der Waals surface area contributed by atoms with Gasteiger partial charge in [0, 0.05) is 6.54 Å². The van der Waals surface area contributed by atoms with Crippen molar-refractivity contribution in [3.63, 3.8) is 0 Å². The molecule has 0 aromatic heterocycles. The summed E-state index contributed by atoms with van der Waals surface area (Å²) >= 11 is 0. The molecule has 0 fully saturated rings. The Balaban J connectivity index is 2.66. The van der Waals surface area contributed by atoms with Crippen molar-refractivity contribution >= 4 is 11.8 Å². The zero-order valence-electron chi connectivity index (χ0n) is 13.3. The van der Waals surface area contributed by atoms with Crippen molar-refractivity contribution in [2.75, 3.05) is 20.1 Å². The first kappa shape index (κ1) is 18.1. The molecule has 1 unspecified atom stereocenters. The van der Waals surface area contributed by atoms with Crippen LogP contribution in [0.3, 0.4) is 0 Å². The summed E-state index contributed by atoms with van der Waals surface area (Å²) in [6.07, 6.45) is 0.800. The second-order valence-electron chi connectivity index (χ2n) is 5.42. The van der Waals surface area contributed by atoms with E-state index in [2.05, 4.69) is 16.0 Å². The van der Waals surface area contributed by atoms with E-state index < -0.39 is 17.8 Å². The number of carbonyl (C=O) groups excluding carboxylic acids is 2. The summed E-state index contributed by atoms with van der Waals surface area (Å²) in [7, 11) is 1.84. The second kappa shape index (κ2) is 9.15. The number of hydrogen-bond donors (Lipinski definition) is 3. The number of nitrogens with one attached hydrogen (secondary N) is 3. The minimum absolute atomic E-state index is 0.0591. The zero-order chi connectivity index (χ0) is 16.5. The molecule has 1 aromatic rings. The summed E-state index contributed by atoms with van der Waals surface area (Å²) in [6.45, 7) is 4.99. The lowest BCUT2D eigenvalue weighted by atomic mass is 10.0. The molecular weight excluding hydrogens is 285 g/mol. The van der Waals surface area contributed by atoms with Crippen LogP contribution in [0.15, 0.2) is 24.3 Å². The minimum atomic E-state index is -0.693. The Morgan fingerprint density at radius 1 is 1.18 bits per heavy atom. The topological polar surface area (TPSA) is 70.2 Å². The molecule has 1 aromatic carbocycles. The van der Waals surface area contributed by atoms with Gasteiger partial charge in [-0.15, -0.1) is 0 Å². The first-order chi connectivity index (χ1) is 10.5. The van der Waals surface area contributed by atoms with Gasteiger partial charge in [0.2, 0.25) is 5.91 Å². The zero-order valence-corrected chi connectivity index (χ0v) is 13.3. The number of halogens is 1. The van der Waals surface area contributed by atoms with Gasteiger partial charge in [-0.25, -0.2) is 4.39 Å². The lowest BCUT2D eigenvalue weighted by Gasteiger charge is -2.22. The largest absolute Gasteiger partial charge is 0.354 e. The first-order valence-corrected chi connectivity index (χ1v) is 7.45. The highest BCUT2D eigenvalue weighted by Crippen LogP contribution is 2.08. The molecule has 2 amide bonds. The third-order valence-electron chi connectivity index (χ3n) is 3.26. The van der Waals surface area contributed by atoms with E-state index in [0.717, 1.165) is 13.0 Å². The number of hydrogen-bond acceptors (Lipinski definition) is 3. The highest BCUT2D eigenvalue weighted by atomic mass is 19.1. The number of amides is 2. The average molecular weight is 309 g/mol. The minimum Gasteiger partial charge on any atom is -0.354 e. The van der Waals surface area contributed by atoms with Crippen LogP contribution in [-0.4, -0.2) is 38.0 Å². The SMILES string of the molecule is CNCCCNC(=O)C(NC(=O)c1ccccc1F)C(C)C. The van der Waals surface area contributed by atoms with Gasteiger partial charge in [0.25, 0.3) is 5.91 Å². The molecule has 0 aliphatic carbocycles. The van der Waals surface area contributed by atoms with Gasteiger partial charge >= 0.3 is 0 Å². The van der Waals surface area contributed by atoms with Crippen LogP contribution < -0.4 is 16.0 Å². The maximum Gasteiger partial charge on any atom is 0.254 e. The van der Waals surface area contributed by atoms with Crippen molar-refractivity contribution < 1.29 is 14.0 Å². The molecule has 22 heavy (non-hydrogen) atoms. The Bertz CT molecular complexity index is 506. The molecule has 0 aliphatic rings. The summed E-state index contributed by atoms with van der Waals surface area (Å²) in [5, 5.41) is 8.38. The van der Waals surface area contributed by atoms with Crippen molar-refractivity contribution in [1.29, 1.82) is 0 Å². The third kappa shape index (κ3) is 5.44. The van der Waals surface area contributed by atoms with E-state index in [1.54, 1.807) is 6.07 Å². The summed E-state index contributed by atoms with van der Waals surface area (Å²) < 4.78 is 13.6. The van der Waals surface area contributed by atoms with Crippen LogP contribution in [0.1, 0.15) is 30.6 Å². The highest BCUT2D eigenvalue weighted by Gasteiger charge is 2.25. The molecule has 122 valence electrons. The van der Waals surface area contributed by atoms with Gasteiger partial charge in [-0.05, 0) is 38.1 Å². The fourth-order valence-corrected chi connectivity index (χ4v) is 1.99. The Morgan fingerprint density at radius 3 is 2.45 bits per heavy atom. The molecule has 0 heterocycles. The van der Waals surface area contributed by atoms with E-state index in [9.17, 15) is 14.0 Å².